The van der Waals surface area contributed by atoms with E-state index >= 15 is 4.39 Å². The Morgan fingerprint density at radius 2 is 1.81 bits per heavy atom. The molecule has 4 saturated carbocycles. The molecular weight excluding hydrogens is 389 g/mol. The standard InChI is InChI=1S/C26H38FN3O/c1-19-4-5-21(29-13-19)14-28-18-26(27)6-8-30(9-7-26)22(31)25-12-20-10-23(2,16-25)15-24(3,11-20)17-25/h4-5,13,20,28H,6-12,14-18H2,1-3H3/t20?,23-,24+,25?. The SMILES string of the molecule is Cc1ccc(CNCC2(F)CCN(C(=O)C34CC5C[C@@](C)(C3)C[C@](C)(C5)C4)CC2)nc1. The van der Waals surface area contributed by atoms with E-state index in [1.807, 2.05) is 30.2 Å². The molecule has 4 nitrogen and oxygen atoms in total. The summed E-state index contributed by atoms with van der Waals surface area (Å²) in [5.41, 5.74) is 1.32. The second kappa shape index (κ2) is 7.26. The first kappa shape index (κ1) is 21.4. The first-order chi connectivity index (χ1) is 14.6. The minimum absolute atomic E-state index is 0.172. The summed E-state index contributed by atoms with van der Waals surface area (Å²) in [4.78, 5) is 20.1. The van der Waals surface area contributed by atoms with Crippen LogP contribution in [0.2, 0.25) is 0 Å². The van der Waals surface area contributed by atoms with Crippen molar-refractivity contribution in [3.05, 3.63) is 29.6 Å². The van der Waals surface area contributed by atoms with Gasteiger partial charge in [0.25, 0.3) is 0 Å². The van der Waals surface area contributed by atoms with Crippen molar-refractivity contribution >= 4 is 5.91 Å². The maximum atomic E-state index is 15.4. The predicted molar refractivity (Wildman–Crippen MR) is 120 cm³/mol. The molecule has 2 unspecified atom stereocenters. The lowest BCUT2D eigenvalue weighted by atomic mass is 9.40. The minimum atomic E-state index is -1.24. The Morgan fingerprint density at radius 1 is 1.13 bits per heavy atom. The summed E-state index contributed by atoms with van der Waals surface area (Å²) < 4.78 is 15.4. The highest BCUT2D eigenvalue weighted by atomic mass is 19.1. The Bertz CT molecular complexity index is 827. The van der Waals surface area contributed by atoms with Gasteiger partial charge in [-0.2, -0.15) is 0 Å². The Kier molecular flexibility index (Phi) is 5.00. The maximum absolute atomic E-state index is 15.4. The van der Waals surface area contributed by atoms with E-state index in [0.29, 0.717) is 61.7 Å². The summed E-state index contributed by atoms with van der Waals surface area (Å²) in [6, 6.07) is 4.02. The summed E-state index contributed by atoms with van der Waals surface area (Å²) in [5, 5.41) is 3.25. The molecule has 1 aliphatic heterocycles. The molecule has 0 radical (unpaired) electrons. The van der Waals surface area contributed by atoms with Crippen molar-refractivity contribution in [2.75, 3.05) is 19.6 Å². The molecule has 1 aromatic heterocycles. The summed E-state index contributed by atoms with van der Waals surface area (Å²) in [5.74, 6) is 1.05. The highest BCUT2D eigenvalue weighted by Crippen LogP contribution is 2.69. The van der Waals surface area contributed by atoms with Crippen LogP contribution in [0, 0.1) is 29.1 Å². The van der Waals surface area contributed by atoms with Gasteiger partial charge in [-0.25, -0.2) is 4.39 Å². The normalized spacial score (nSPS) is 38.5. The van der Waals surface area contributed by atoms with E-state index < -0.39 is 5.67 Å². The number of carbonyl (C=O) groups excluding carboxylic acids is 1. The molecular formula is C26H38FN3O. The fourth-order valence-corrected chi connectivity index (χ4v) is 8.33. The summed E-state index contributed by atoms with van der Waals surface area (Å²) in [6.45, 7) is 8.85. The number of pyridine rings is 1. The molecule has 1 N–H and O–H groups in total. The molecule has 31 heavy (non-hydrogen) atoms. The minimum Gasteiger partial charge on any atom is -0.342 e. The number of amides is 1. The average Bonchev–Trinajstić information content (AvgIpc) is 2.67. The number of aryl methyl sites for hydroxylation is 1. The highest BCUT2D eigenvalue weighted by Gasteiger charge is 2.63. The van der Waals surface area contributed by atoms with Gasteiger partial charge in [-0.15, -0.1) is 0 Å². The largest absolute Gasteiger partial charge is 0.342 e. The molecule has 5 fully saturated rings. The third-order valence-corrected chi connectivity index (χ3v) is 8.75. The summed E-state index contributed by atoms with van der Waals surface area (Å²) in [6.07, 6.45) is 9.75. The number of hydrogen-bond acceptors (Lipinski definition) is 3. The zero-order valence-electron chi connectivity index (χ0n) is 19.5. The van der Waals surface area contributed by atoms with Crippen LogP contribution in [0.25, 0.3) is 0 Å². The van der Waals surface area contributed by atoms with E-state index in [-0.39, 0.29) is 5.41 Å². The fraction of sp³-hybridized carbons (Fsp3) is 0.769. The number of aromatic nitrogens is 1. The lowest BCUT2D eigenvalue weighted by molar-refractivity contribution is -0.181. The van der Waals surface area contributed by atoms with Crippen LogP contribution in [0.15, 0.2) is 18.3 Å². The van der Waals surface area contributed by atoms with Crippen LogP contribution in [0.3, 0.4) is 0 Å². The van der Waals surface area contributed by atoms with Crippen LogP contribution in [0.1, 0.15) is 76.5 Å². The first-order valence-electron chi connectivity index (χ1n) is 12.2. The molecule has 4 bridgehead atoms. The Morgan fingerprint density at radius 3 is 2.39 bits per heavy atom. The van der Waals surface area contributed by atoms with Gasteiger partial charge in [-0.3, -0.25) is 9.78 Å². The molecule has 0 aromatic carbocycles. The number of piperidine rings is 1. The van der Waals surface area contributed by atoms with Crippen LogP contribution in [0.5, 0.6) is 0 Å². The number of nitrogens with one attached hydrogen (secondary N) is 1. The number of rotatable bonds is 5. The van der Waals surface area contributed by atoms with Gasteiger partial charge in [-0.05, 0) is 73.8 Å². The lowest BCUT2D eigenvalue weighted by Crippen LogP contribution is -2.61. The zero-order valence-corrected chi connectivity index (χ0v) is 19.5. The molecule has 6 rings (SSSR count). The van der Waals surface area contributed by atoms with Crippen molar-refractivity contribution in [3.8, 4) is 0 Å². The molecule has 1 saturated heterocycles. The van der Waals surface area contributed by atoms with Crippen LogP contribution < -0.4 is 5.32 Å². The van der Waals surface area contributed by atoms with Gasteiger partial charge in [0.15, 0.2) is 0 Å². The average molecular weight is 428 g/mol. The van der Waals surface area contributed by atoms with Crippen molar-refractivity contribution < 1.29 is 9.18 Å². The maximum Gasteiger partial charge on any atom is 0.228 e. The third-order valence-electron chi connectivity index (χ3n) is 8.75. The van der Waals surface area contributed by atoms with Crippen LogP contribution in [-0.2, 0) is 11.3 Å². The van der Waals surface area contributed by atoms with Gasteiger partial charge >= 0.3 is 0 Å². The smallest absolute Gasteiger partial charge is 0.228 e. The zero-order chi connectivity index (χ0) is 21.9. The quantitative estimate of drug-likeness (QED) is 0.734. The molecule has 2 heterocycles. The van der Waals surface area contributed by atoms with Crippen molar-refractivity contribution in [2.24, 2.45) is 22.2 Å². The molecule has 5 heteroatoms. The number of likely N-dealkylation sites (tertiary alicyclic amines) is 1. The van der Waals surface area contributed by atoms with Gasteiger partial charge in [0.05, 0.1) is 11.1 Å². The Hall–Kier alpha value is -1.49. The van der Waals surface area contributed by atoms with E-state index in [2.05, 4.69) is 24.1 Å². The van der Waals surface area contributed by atoms with Crippen LogP contribution in [-0.4, -0.2) is 41.1 Å². The van der Waals surface area contributed by atoms with E-state index in [1.165, 1.54) is 19.3 Å². The number of halogens is 1. The molecule has 170 valence electrons. The molecule has 0 spiro atoms. The van der Waals surface area contributed by atoms with Gasteiger partial charge in [-0.1, -0.05) is 19.9 Å². The van der Waals surface area contributed by atoms with E-state index in [0.717, 1.165) is 30.5 Å². The van der Waals surface area contributed by atoms with E-state index in [4.69, 9.17) is 0 Å². The number of nitrogens with zero attached hydrogens (tertiary/aromatic N) is 2. The fourth-order valence-electron chi connectivity index (χ4n) is 8.33. The van der Waals surface area contributed by atoms with E-state index in [1.54, 1.807) is 0 Å². The first-order valence-corrected chi connectivity index (χ1v) is 12.2. The second-order valence-electron chi connectivity index (χ2n) is 12.3. The topological polar surface area (TPSA) is 45.2 Å². The highest BCUT2D eigenvalue weighted by molar-refractivity contribution is 5.83. The molecule has 4 aliphatic carbocycles. The van der Waals surface area contributed by atoms with Crippen LogP contribution in [0.4, 0.5) is 4.39 Å². The third kappa shape index (κ3) is 4.03. The number of hydrogen-bond donors (Lipinski definition) is 1. The Balaban J connectivity index is 1.18. The van der Waals surface area contributed by atoms with Crippen molar-refractivity contribution in [1.29, 1.82) is 0 Å². The lowest BCUT2D eigenvalue weighted by Gasteiger charge is -2.65. The molecule has 4 atom stereocenters. The molecule has 1 amide bonds. The van der Waals surface area contributed by atoms with Crippen molar-refractivity contribution in [3.63, 3.8) is 0 Å². The predicted octanol–water partition coefficient (Wildman–Crippen LogP) is 4.81. The number of carbonyl (C=O) groups is 1. The number of alkyl halides is 1. The van der Waals surface area contributed by atoms with Crippen molar-refractivity contribution in [2.45, 2.75) is 84.4 Å². The molecule has 1 aromatic rings. The van der Waals surface area contributed by atoms with Gasteiger partial charge in [0.2, 0.25) is 5.91 Å². The van der Waals surface area contributed by atoms with Gasteiger partial charge < -0.3 is 10.2 Å². The van der Waals surface area contributed by atoms with Gasteiger partial charge in [0, 0.05) is 45.2 Å². The second-order valence-corrected chi connectivity index (χ2v) is 12.3. The van der Waals surface area contributed by atoms with Crippen LogP contribution >= 0.6 is 0 Å². The van der Waals surface area contributed by atoms with E-state index in [9.17, 15) is 4.79 Å². The van der Waals surface area contributed by atoms with Gasteiger partial charge in [0.1, 0.15) is 5.67 Å². The summed E-state index contributed by atoms with van der Waals surface area (Å²) >= 11 is 0. The monoisotopic (exact) mass is 427 g/mol. The molecule has 5 aliphatic rings. The Labute approximate surface area is 186 Å². The summed E-state index contributed by atoms with van der Waals surface area (Å²) in [7, 11) is 0. The van der Waals surface area contributed by atoms with Crippen molar-refractivity contribution in [1.82, 2.24) is 15.2 Å².